The van der Waals surface area contributed by atoms with E-state index in [1.807, 2.05) is 4.90 Å². The second-order valence-electron chi connectivity index (χ2n) is 4.10. The van der Waals surface area contributed by atoms with Gasteiger partial charge in [0.1, 0.15) is 0 Å². The van der Waals surface area contributed by atoms with Crippen LogP contribution in [0.4, 0.5) is 5.13 Å². The van der Waals surface area contributed by atoms with Crippen molar-refractivity contribution in [3.8, 4) is 0 Å². The van der Waals surface area contributed by atoms with Crippen molar-refractivity contribution < 1.29 is 14.3 Å². The summed E-state index contributed by atoms with van der Waals surface area (Å²) in [5.74, 6) is -0.400. The molecule has 0 atom stereocenters. The number of halogens is 1. The average Bonchev–Trinajstić information content (AvgIpc) is 2.80. The van der Waals surface area contributed by atoms with Crippen LogP contribution in [-0.2, 0) is 9.53 Å². The minimum absolute atomic E-state index is 0.0760. The van der Waals surface area contributed by atoms with Crippen LogP contribution in [0.15, 0.2) is 0 Å². The highest BCUT2D eigenvalue weighted by molar-refractivity contribution is 7.18. The molecule has 0 radical (unpaired) electrons. The number of rotatable bonds is 2. The van der Waals surface area contributed by atoms with E-state index in [4.69, 9.17) is 11.6 Å². The molecule has 19 heavy (non-hydrogen) atoms. The van der Waals surface area contributed by atoms with Crippen LogP contribution < -0.4 is 4.90 Å². The zero-order valence-corrected chi connectivity index (χ0v) is 12.3. The van der Waals surface area contributed by atoms with Crippen molar-refractivity contribution in [1.29, 1.82) is 0 Å². The Morgan fingerprint density at radius 2 is 1.95 bits per heavy atom. The minimum Gasteiger partial charge on any atom is -0.465 e. The van der Waals surface area contributed by atoms with Crippen molar-refractivity contribution >= 4 is 39.9 Å². The van der Waals surface area contributed by atoms with E-state index in [1.54, 1.807) is 11.8 Å². The molecule has 0 N–H and O–H groups in total. The lowest BCUT2D eigenvalue weighted by molar-refractivity contribution is -0.129. The van der Waals surface area contributed by atoms with Crippen LogP contribution in [0.5, 0.6) is 0 Å². The standard InChI is InChI=1S/C11H14ClN3O3S/c1-7(16)14-3-5-15(6-4-14)11-13-9(12)8(19-11)10(17)18-2/h3-6H2,1-2H3. The molecule has 0 aromatic carbocycles. The number of esters is 1. The van der Waals surface area contributed by atoms with Crippen LogP contribution in [0.25, 0.3) is 0 Å². The van der Waals surface area contributed by atoms with Crippen molar-refractivity contribution in [3.05, 3.63) is 10.0 Å². The molecule has 1 aromatic rings. The predicted molar refractivity (Wildman–Crippen MR) is 72.9 cm³/mol. The third kappa shape index (κ3) is 2.98. The number of carbonyl (C=O) groups is 2. The fourth-order valence-corrected chi connectivity index (χ4v) is 3.11. The number of hydrogen-bond donors (Lipinski definition) is 0. The number of thiazole rings is 1. The van der Waals surface area contributed by atoms with Crippen molar-refractivity contribution in [1.82, 2.24) is 9.88 Å². The molecular formula is C11H14ClN3O3S. The van der Waals surface area contributed by atoms with Crippen molar-refractivity contribution in [2.24, 2.45) is 0 Å². The molecule has 2 heterocycles. The Balaban J connectivity index is 2.08. The van der Waals surface area contributed by atoms with Gasteiger partial charge in [-0.1, -0.05) is 22.9 Å². The van der Waals surface area contributed by atoms with Crippen LogP contribution in [0.2, 0.25) is 5.15 Å². The number of nitrogens with zero attached hydrogens (tertiary/aromatic N) is 3. The lowest BCUT2D eigenvalue weighted by atomic mass is 10.3. The summed E-state index contributed by atoms with van der Waals surface area (Å²) in [6.07, 6.45) is 0. The fraction of sp³-hybridized carbons (Fsp3) is 0.545. The van der Waals surface area contributed by atoms with Crippen LogP contribution in [-0.4, -0.2) is 55.0 Å². The number of anilines is 1. The zero-order valence-electron chi connectivity index (χ0n) is 10.7. The molecule has 0 unspecified atom stereocenters. The molecule has 0 saturated carbocycles. The van der Waals surface area contributed by atoms with Gasteiger partial charge in [0.05, 0.1) is 7.11 Å². The van der Waals surface area contributed by atoms with Gasteiger partial charge in [0.15, 0.2) is 15.2 Å². The molecule has 1 amide bonds. The summed E-state index contributed by atoms with van der Waals surface area (Å²) in [5, 5.41) is 0.856. The van der Waals surface area contributed by atoms with E-state index in [0.717, 1.165) is 0 Å². The predicted octanol–water partition coefficient (Wildman–Crippen LogP) is 1.25. The van der Waals surface area contributed by atoms with Gasteiger partial charge < -0.3 is 14.5 Å². The molecule has 6 nitrogen and oxygen atoms in total. The number of amides is 1. The highest BCUT2D eigenvalue weighted by atomic mass is 35.5. The molecule has 0 aliphatic carbocycles. The molecule has 1 aliphatic heterocycles. The molecule has 1 saturated heterocycles. The molecule has 8 heteroatoms. The summed E-state index contributed by atoms with van der Waals surface area (Å²) >= 11 is 7.14. The van der Waals surface area contributed by atoms with E-state index in [1.165, 1.54) is 18.4 Å². The van der Waals surface area contributed by atoms with E-state index < -0.39 is 5.97 Å². The first-order valence-electron chi connectivity index (χ1n) is 5.78. The summed E-state index contributed by atoms with van der Waals surface area (Å²) in [4.78, 5) is 31.0. The van der Waals surface area contributed by atoms with E-state index >= 15 is 0 Å². The topological polar surface area (TPSA) is 62.7 Å². The third-order valence-electron chi connectivity index (χ3n) is 2.94. The fourth-order valence-electron chi connectivity index (χ4n) is 1.86. The van der Waals surface area contributed by atoms with Gasteiger partial charge >= 0.3 is 5.97 Å². The summed E-state index contributed by atoms with van der Waals surface area (Å²) in [7, 11) is 1.31. The molecule has 2 rings (SSSR count). The highest BCUT2D eigenvalue weighted by Crippen LogP contribution is 2.30. The second-order valence-corrected chi connectivity index (χ2v) is 5.44. The van der Waals surface area contributed by atoms with Gasteiger partial charge in [0.2, 0.25) is 5.91 Å². The Labute approximate surface area is 119 Å². The number of ether oxygens (including phenoxy) is 1. The van der Waals surface area contributed by atoms with E-state index in [9.17, 15) is 9.59 Å². The largest absolute Gasteiger partial charge is 0.465 e. The lowest BCUT2D eigenvalue weighted by Crippen LogP contribution is -2.48. The van der Waals surface area contributed by atoms with Crippen LogP contribution in [0.1, 0.15) is 16.6 Å². The highest BCUT2D eigenvalue weighted by Gasteiger charge is 2.24. The van der Waals surface area contributed by atoms with Gasteiger partial charge in [-0.05, 0) is 0 Å². The quantitative estimate of drug-likeness (QED) is 0.770. The Hall–Kier alpha value is -1.34. The normalized spacial score (nSPS) is 15.5. The maximum absolute atomic E-state index is 11.5. The Morgan fingerprint density at radius 3 is 2.47 bits per heavy atom. The number of piperazine rings is 1. The smallest absolute Gasteiger partial charge is 0.351 e. The SMILES string of the molecule is COC(=O)c1sc(N2CCN(C(C)=O)CC2)nc1Cl. The number of hydrogen-bond acceptors (Lipinski definition) is 6. The minimum atomic E-state index is -0.476. The number of aromatic nitrogens is 1. The van der Waals surface area contributed by atoms with Crippen LogP contribution in [0, 0.1) is 0 Å². The Kier molecular flexibility index (Phi) is 4.26. The van der Waals surface area contributed by atoms with Crippen molar-refractivity contribution in [2.75, 3.05) is 38.2 Å². The Bertz CT molecular complexity index is 497. The van der Waals surface area contributed by atoms with Crippen molar-refractivity contribution in [3.63, 3.8) is 0 Å². The van der Waals surface area contributed by atoms with Gasteiger partial charge in [-0.15, -0.1) is 0 Å². The van der Waals surface area contributed by atoms with E-state index in [2.05, 4.69) is 9.72 Å². The summed E-state index contributed by atoms with van der Waals surface area (Å²) < 4.78 is 4.64. The van der Waals surface area contributed by atoms with Gasteiger partial charge in [0, 0.05) is 33.1 Å². The molecule has 1 aromatic heterocycles. The van der Waals surface area contributed by atoms with E-state index in [-0.39, 0.29) is 11.1 Å². The molecule has 0 bridgehead atoms. The van der Waals surface area contributed by atoms with Gasteiger partial charge in [0.25, 0.3) is 0 Å². The zero-order chi connectivity index (χ0) is 14.0. The van der Waals surface area contributed by atoms with Crippen molar-refractivity contribution in [2.45, 2.75) is 6.92 Å². The van der Waals surface area contributed by atoms with Gasteiger partial charge in [-0.25, -0.2) is 9.78 Å². The number of carbonyl (C=O) groups excluding carboxylic acids is 2. The monoisotopic (exact) mass is 303 g/mol. The third-order valence-corrected chi connectivity index (χ3v) is 4.42. The average molecular weight is 304 g/mol. The number of methoxy groups -OCH3 is 1. The van der Waals surface area contributed by atoms with E-state index in [0.29, 0.717) is 36.2 Å². The first kappa shape index (κ1) is 14.1. The van der Waals surface area contributed by atoms with Gasteiger partial charge in [-0.3, -0.25) is 4.79 Å². The second kappa shape index (κ2) is 5.75. The summed E-state index contributed by atoms with van der Waals surface area (Å²) in [6.45, 7) is 4.24. The molecule has 104 valence electrons. The Morgan fingerprint density at radius 1 is 1.32 bits per heavy atom. The van der Waals surface area contributed by atoms with Crippen LogP contribution in [0.3, 0.4) is 0 Å². The lowest BCUT2D eigenvalue weighted by Gasteiger charge is -2.33. The van der Waals surface area contributed by atoms with Gasteiger partial charge in [-0.2, -0.15) is 0 Å². The first-order chi connectivity index (χ1) is 9.02. The maximum atomic E-state index is 11.5. The molecule has 1 aliphatic rings. The molecule has 1 fully saturated rings. The molecule has 0 spiro atoms. The maximum Gasteiger partial charge on any atom is 0.351 e. The van der Waals surface area contributed by atoms with Crippen LogP contribution >= 0.6 is 22.9 Å². The summed E-state index contributed by atoms with van der Waals surface area (Å²) in [5.41, 5.74) is 0. The molecular weight excluding hydrogens is 290 g/mol. The first-order valence-corrected chi connectivity index (χ1v) is 6.97. The summed E-state index contributed by atoms with van der Waals surface area (Å²) in [6, 6.07) is 0.